The number of amides is 1. The number of carbonyl (C=O) groups excluding carboxylic acids is 1. The van der Waals surface area contributed by atoms with Crippen LogP contribution in [0.3, 0.4) is 0 Å². The van der Waals surface area contributed by atoms with Gasteiger partial charge in [0.05, 0.1) is 4.88 Å². The Labute approximate surface area is 203 Å². The standard InChI is InChI=1S/C26H28ClFN2O2S/c1-17-11-18(2)19(3)24(12-17)32-15-20-13-25(33-16-20)26(31)30-9-7-29(8-10-30)14-21-22(27)5-4-6-23(21)28/h4-6,11-13,16H,7-10,14-15H2,1-3H3. The minimum Gasteiger partial charge on any atom is -0.489 e. The molecule has 1 saturated heterocycles. The fourth-order valence-electron chi connectivity index (χ4n) is 4.05. The van der Waals surface area contributed by atoms with E-state index in [9.17, 15) is 9.18 Å². The van der Waals surface area contributed by atoms with Gasteiger partial charge in [-0.1, -0.05) is 23.7 Å². The lowest BCUT2D eigenvalue weighted by molar-refractivity contribution is 0.0631. The van der Waals surface area contributed by atoms with E-state index in [1.807, 2.05) is 16.3 Å². The van der Waals surface area contributed by atoms with E-state index in [4.69, 9.17) is 16.3 Å². The molecule has 0 unspecified atom stereocenters. The summed E-state index contributed by atoms with van der Waals surface area (Å²) in [6.45, 7) is 9.68. The average Bonchev–Trinajstić information content (AvgIpc) is 3.27. The van der Waals surface area contributed by atoms with Crippen LogP contribution in [0.1, 0.15) is 37.5 Å². The molecule has 4 nitrogen and oxygen atoms in total. The monoisotopic (exact) mass is 486 g/mol. The number of nitrogens with zero attached hydrogens (tertiary/aromatic N) is 2. The van der Waals surface area contributed by atoms with Gasteiger partial charge in [0.15, 0.2) is 0 Å². The zero-order valence-electron chi connectivity index (χ0n) is 19.2. The molecule has 4 rings (SSSR count). The third kappa shape index (κ3) is 5.57. The number of hydrogen-bond donors (Lipinski definition) is 0. The molecule has 2 aromatic carbocycles. The van der Waals surface area contributed by atoms with Crippen LogP contribution in [0.2, 0.25) is 5.02 Å². The molecule has 7 heteroatoms. The van der Waals surface area contributed by atoms with E-state index in [0.717, 1.165) is 21.8 Å². The molecule has 0 bridgehead atoms. The molecule has 0 aliphatic carbocycles. The summed E-state index contributed by atoms with van der Waals surface area (Å²) < 4.78 is 20.1. The van der Waals surface area contributed by atoms with Gasteiger partial charge in [-0.3, -0.25) is 9.69 Å². The van der Waals surface area contributed by atoms with Gasteiger partial charge in [-0.05, 0) is 67.1 Å². The van der Waals surface area contributed by atoms with Crippen molar-refractivity contribution in [1.82, 2.24) is 9.80 Å². The van der Waals surface area contributed by atoms with Crippen LogP contribution in [0, 0.1) is 26.6 Å². The Morgan fingerprint density at radius 3 is 2.61 bits per heavy atom. The third-order valence-electron chi connectivity index (χ3n) is 6.13. The summed E-state index contributed by atoms with van der Waals surface area (Å²) in [6, 6.07) is 10.9. The topological polar surface area (TPSA) is 32.8 Å². The Morgan fingerprint density at radius 2 is 1.88 bits per heavy atom. The molecule has 1 aliphatic heterocycles. The van der Waals surface area contributed by atoms with Gasteiger partial charge in [0, 0.05) is 48.9 Å². The summed E-state index contributed by atoms with van der Waals surface area (Å²) in [6.07, 6.45) is 0. The van der Waals surface area contributed by atoms with Crippen LogP contribution in [0.4, 0.5) is 4.39 Å². The van der Waals surface area contributed by atoms with Crippen molar-refractivity contribution >= 4 is 28.8 Å². The van der Waals surface area contributed by atoms with E-state index in [1.165, 1.54) is 28.5 Å². The van der Waals surface area contributed by atoms with Crippen molar-refractivity contribution in [3.05, 3.63) is 85.3 Å². The maximum absolute atomic E-state index is 14.1. The van der Waals surface area contributed by atoms with Gasteiger partial charge in [-0.2, -0.15) is 0 Å². The molecule has 3 aromatic rings. The molecular formula is C26H28ClFN2O2S. The van der Waals surface area contributed by atoms with Crippen LogP contribution < -0.4 is 4.74 Å². The van der Waals surface area contributed by atoms with Crippen molar-refractivity contribution in [3.63, 3.8) is 0 Å². The molecule has 2 heterocycles. The lowest BCUT2D eigenvalue weighted by Gasteiger charge is -2.34. The Kier molecular flexibility index (Phi) is 7.37. The van der Waals surface area contributed by atoms with Crippen molar-refractivity contribution in [3.8, 4) is 5.75 Å². The van der Waals surface area contributed by atoms with Crippen LogP contribution in [-0.2, 0) is 13.2 Å². The van der Waals surface area contributed by atoms with E-state index < -0.39 is 0 Å². The highest BCUT2D eigenvalue weighted by Crippen LogP contribution is 2.26. The van der Waals surface area contributed by atoms with Gasteiger partial charge in [0.1, 0.15) is 18.2 Å². The van der Waals surface area contributed by atoms with E-state index in [0.29, 0.717) is 49.9 Å². The Bertz CT molecular complexity index is 1130. The quantitative estimate of drug-likeness (QED) is 0.428. The van der Waals surface area contributed by atoms with Crippen molar-refractivity contribution in [1.29, 1.82) is 0 Å². The molecule has 33 heavy (non-hydrogen) atoms. The van der Waals surface area contributed by atoms with Crippen LogP contribution in [-0.4, -0.2) is 41.9 Å². The fraction of sp³-hybridized carbons (Fsp3) is 0.346. The smallest absolute Gasteiger partial charge is 0.264 e. The highest BCUT2D eigenvalue weighted by Gasteiger charge is 2.24. The van der Waals surface area contributed by atoms with Crippen molar-refractivity contribution < 1.29 is 13.9 Å². The Balaban J connectivity index is 1.32. The SMILES string of the molecule is Cc1cc(C)c(C)c(OCc2csc(C(=O)N3CCN(Cc4c(F)cccc4Cl)CC3)c2)c1. The number of benzene rings is 2. The normalized spacial score (nSPS) is 14.5. The number of piperazine rings is 1. The average molecular weight is 487 g/mol. The van der Waals surface area contributed by atoms with E-state index in [-0.39, 0.29) is 11.7 Å². The Morgan fingerprint density at radius 1 is 1.12 bits per heavy atom. The molecular weight excluding hydrogens is 459 g/mol. The number of rotatable bonds is 6. The predicted molar refractivity (Wildman–Crippen MR) is 132 cm³/mol. The summed E-state index contributed by atoms with van der Waals surface area (Å²) in [5, 5.41) is 2.43. The molecule has 1 aliphatic rings. The summed E-state index contributed by atoms with van der Waals surface area (Å²) in [5.41, 5.74) is 5.03. The van der Waals surface area contributed by atoms with Gasteiger partial charge in [0.25, 0.3) is 5.91 Å². The molecule has 0 radical (unpaired) electrons. The first-order valence-corrected chi connectivity index (χ1v) is 12.3. The second-order valence-corrected chi connectivity index (χ2v) is 9.90. The van der Waals surface area contributed by atoms with Gasteiger partial charge >= 0.3 is 0 Å². The van der Waals surface area contributed by atoms with Gasteiger partial charge < -0.3 is 9.64 Å². The molecule has 1 aromatic heterocycles. The first kappa shape index (κ1) is 23.7. The minimum absolute atomic E-state index is 0.0393. The molecule has 0 saturated carbocycles. The lowest BCUT2D eigenvalue weighted by Crippen LogP contribution is -2.48. The minimum atomic E-state index is -0.287. The summed E-state index contributed by atoms with van der Waals surface area (Å²) in [5.74, 6) is 0.639. The summed E-state index contributed by atoms with van der Waals surface area (Å²) >= 11 is 7.61. The second-order valence-electron chi connectivity index (χ2n) is 8.58. The second kappa shape index (κ2) is 10.2. The molecule has 1 amide bonds. The maximum atomic E-state index is 14.1. The van der Waals surface area contributed by atoms with Gasteiger partial charge in [-0.25, -0.2) is 4.39 Å². The van der Waals surface area contributed by atoms with Crippen molar-refractivity contribution in [2.75, 3.05) is 26.2 Å². The zero-order chi connectivity index (χ0) is 23.5. The zero-order valence-corrected chi connectivity index (χ0v) is 20.7. The number of carbonyl (C=O) groups is 1. The molecule has 0 spiro atoms. The summed E-state index contributed by atoms with van der Waals surface area (Å²) in [4.78, 5) is 17.7. The first-order chi connectivity index (χ1) is 15.8. The van der Waals surface area contributed by atoms with Gasteiger partial charge in [-0.15, -0.1) is 11.3 Å². The van der Waals surface area contributed by atoms with Crippen LogP contribution in [0.15, 0.2) is 41.8 Å². The first-order valence-electron chi connectivity index (χ1n) is 11.0. The van der Waals surface area contributed by atoms with Crippen molar-refractivity contribution in [2.24, 2.45) is 0 Å². The van der Waals surface area contributed by atoms with Crippen LogP contribution >= 0.6 is 22.9 Å². The molecule has 0 N–H and O–H groups in total. The van der Waals surface area contributed by atoms with Crippen molar-refractivity contribution in [2.45, 2.75) is 33.9 Å². The predicted octanol–water partition coefficient (Wildman–Crippen LogP) is 6.00. The lowest BCUT2D eigenvalue weighted by atomic mass is 10.1. The number of aryl methyl sites for hydroxylation is 2. The number of hydrogen-bond acceptors (Lipinski definition) is 4. The van der Waals surface area contributed by atoms with E-state index in [1.54, 1.807) is 12.1 Å². The fourth-order valence-corrected chi connectivity index (χ4v) is 5.13. The number of ether oxygens (including phenoxy) is 1. The summed E-state index contributed by atoms with van der Waals surface area (Å²) in [7, 11) is 0. The largest absolute Gasteiger partial charge is 0.489 e. The van der Waals surface area contributed by atoms with E-state index in [2.05, 4.69) is 37.8 Å². The number of halogens is 2. The number of thiophene rings is 1. The maximum Gasteiger partial charge on any atom is 0.264 e. The van der Waals surface area contributed by atoms with Crippen LogP contribution in [0.5, 0.6) is 5.75 Å². The molecule has 0 atom stereocenters. The van der Waals surface area contributed by atoms with Gasteiger partial charge in [0.2, 0.25) is 0 Å². The van der Waals surface area contributed by atoms with Crippen LogP contribution in [0.25, 0.3) is 0 Å². The Hall–Kier alpha value is -2.41. The third-order valence-corrected chi connectivity index (χ3v) is 7.45. The highest BCUT2D eigenvalue weighted by molar-refractivity contribution is 7.12. The highest BCUT2D eigenvalue weighted by atomic mass is 35.5. The molecule has 1 fully saturated rings. The van der Waals surface area contributed by atoms with E-state index >= 15 is 0 Å². The molecule has 174 valence electrons.